The number of aromatic nitrogens is 6. The first-order valence-corrected chi connectivity index (χ1v) is 9.00. The summed E-state index contributed by atoms with van der Waals surface area (Å²) in [5.41, 5.74) is 3.72. The highest BCUT2D eigenvalue weighted by Crippen LogP contribution is 2.28. The van der Waals surface area contributed by atoms with Crippen molar-refractivity contribution in [1.82, 2.24) is 34.0 Å². The highest BCUT2D eigenvalue weighted by atomic mass is 19.1. The van der Waals surface area contributed by atoms with Gasteiger partial charge in [-0.05, 0) is 30.7 Å². The van der Waals surface area contributed by atoms with Crippen LogP contribution in [-0.2, 0) is 13.6 Å². The summed E-state index contributed by atoms with van der Waals surface area (Å²) in [5.74, 6) is 0.251. The molecule has 0 aromatic carbocycles. The first kappa shape index (κ1) is 16.6. The number of imidazole rings is 1. The average molecular weight is 375 g/mol. The monoisotopic (exact) mass is 375 g/mol. The van der Waals surface area contributed by atoms with Crippen molar-refractivity contribution in [3.05, 3.63) is 72.2 Å². The Kier molecular flexibility index (Phi) is 3.71. The van der Waals surface area contributed by atoms with E-state index in [-0.39, 0.29) is 11.7 Å². The van der Waals surface area contributed by atoms with Crippen molar-refractivity contribution in [2.24, 2.45) is 7.05 Å². The molecule has 0 saturated heterocycles. The van der Waals surface area contributed by atoms with Crippen LogP contribution in [0.3, 0.4) is 0 Å². The normalized spacial score (nSPS) is 14.5. The molecule has 7 nitrogen and oxygen atoms in total. The van der Waals surface area contributed by atoms with Gasteiger partial charge in [-0.1, -0.05) is 6.07 Å². The number of aryl methyl sites for hydroxylation is 1. The van der Waals surface area contributed by atoms with Gasteiger partial charge in [-0.25, -0.2) is 9.37 Å². The Hall–Kier alpha value is -3.55. The second-order valence-corrected chi connectivity index (χ2v) is 6.96. The first-order chi connectivity index (χ1) is 13.6. The van der Waals surface area contributed by atoms with Gasteiger partial charge in [0.15, 0.2) is 17.3 Å². The molecule has 28 heavy (non-hydrogen) atoms. The fourth-order valence-corrected chi connectivity index (χ4v) is 3.52. The highest BCUT2D eigenvalue weighted by molar-refractivity contribution is 5.61. The quantitative estimate of drug-likeness (QED) is 0.550. The summed E-state index contributed by atoms with van der Waals surface area (Å²) in [5, 5.41) is 8.35. The van der Waals surface area contributed by atoms with Gasteiger partial charge in [0, 0.05) is 43.9 Å². The lowest BCUT2D eigenvalue weighted by molar-refractivity contribution is 0.276. The van der Waals surface area contributed by atoms with Crippen LogP contribution in [-0.4, -0.2) is 34.0 Å². The second-order valence-electron chi connectivity index (χ2n) is 6.96. The van der Waals surface area contributed by atoms with Gasteiger partial charge in [0.2, 0.25) is 0 Å². The Morgan fingerprint density at radius 3 is 2.89 bits per heavy atom. The number of rotatable bonds is 3. The maximum atomic E-state index is 14.7. The maximum Gasteiger partial charge on any atom is 0.197 e. The van der Waals surface area contributed by atoms with Gasteiger partial charge in [-0.3, -0.25) is 9.38 Å². The SMILES string of the molecule is C[C@H](c1nnc2c(F)cc(-c3cn(C)cn3)cn12)N1C=Cc2ncccc2C1. The minimum absolute atomic E-state index is 0.0991. The molecule has 1 atom stereocenters. The van der Waals surface area contributed by atoms with Gasteiger partial charge < -0.3 is 9.47 Å². The molecule has 0 N–H and O–H groups in total. The molecule has 8 heteroatoms. The fraction of sp³-hybridized carbons (Fsp3) is 0.200. The lowest BCUT2D eigenvalue weighted by Crippen LogP contribution is -2.25. The van der Waals surface area contributed by atoms with Crippen LogP contribution in [0.15, 0.2) is 49.3 Å². The van der Waals surface area contributed by atoms with Crippen LogP contribution < -0.4 is 0 Å². The first-order valence-electron chi connectivity index (χ1n) is 9.00. The summed E-state index contributed by atoms with van der Waals surface area (Å²) >= 11 is 0. The van der Waals surface area contributed by atoms with Crippen molar-refractivity contribution < 1.29 is 4.39 Å². The molecule has 0 amide bonds. The fourth-order valence-electron chi connectivity index (χ4n) is 3.52. The Labute approximate surface area is 160 Å². The van der Waals surface area contributed by atoms with Crippen molar-refractivity contribution in [3.8, 4) is 11.3 Å². The van der Waals surface area contributed by atoms with Gasteiger partial charge in [0.25, 0.3) is 0 Å². The number of halogens is 1. The van der Waals surface area contributed by atoms with E-state index in [4.69, 9.17) is 0 Å². The number of nitrogens with zero attached hydrogens (tertiary/aromatic N) is 7. The zero-order chi connectivity index (χ0) is 19.3. The summed E-state index contributed by atoms with van der Waals surface area (Å²) in [6.45, 7) is 2.74. The lowest BCUT2D eigenvalue weighted by atomic mass is 10.1. The lowest BCUT2D eigenvalue weighted by Gasteiger charge is -2.29. The van der Waals surface area contributed by atoms with Crippen LogP contribution >= 0.6 is 0 Å². The van der Waals surface area contributed by atoms with Crippen molar-refractivity contribution in [1.29, 1.82) is 0 Å². The van der Waals surface area contributed by atoms with Gasteiger partial charge >= 0.3 is 0 Å². The van der Waals surface area contributed by atoms with E-state index in [1.807, 2.05) is 49.3 Å². The van der Waals surface area contributed by atoms with E-state index in [9.17, 15) is 4.39 Å². The van der Waals surface area contributed by atoms with Crippen LogP contribution in [0.2, 0.25) is 0 Å². The van der Waals surface area contributed by atoms with E-state index in [0.717, 1.165) is 11.3 Å². The largest absolute Gasteiger partial charge is 0.363 e. The molecular formula is C20H18FN7. The number of hydrogen-bond donors (Lipinski definition) is 0. The van der Waals surface area contributed by atoms with Gasteiger partial charge in [0.05, 0.1) is 23.8 Å². The molecule has 140 valence electrons. The van der Waals surface area contributed by atoms with Crippen LogP contribution in [0.5, 0.6) is 0 Å². The molecule has 0 spiro atoms. The zero-order valence-electron chi connectivity index (χ0n) is 15.5. The van der Waals surface area contributed by atoms with Crippen LogP contribution in [0.4, 0.5) is 4.39 Å². The Balaban J connectivity index is 1.55. The Morgan fingerprint density at radius 1 is 1.18 bits per heavy atom. The third-order valence-corrected chi connectivity index (χ3v) is 5.06. The number of fused-ring (bicyclic) bond motifs is 2. The van der Waals surface area contributed by atoms with Crippen molar-refractivity contribution in [2.45, 2.75) is 19.5 Å². The third kappa shape index (κ3) is 2.65. The number of pyridine rings is 2. The molecule has 0 aliphatic carbocycles. The highest BCUT2D eigenvalue weighted by Gasteiger charge is 2.23. The Bertz CT molecular complexity index is 1210. The molecule has 0 saturated carbocycles. The minimum Gasteiger partial charge on any atom is -0.363 e. The van der Waals surface area contributed by atoms with Crippen LogP contribution in [0.1, 0.15) is 30.0 Å². The maximum absolute atomic E-state index is 14.7. The summed E-state index contributed by atoms with van der Waals surface area (Å²) in [6, 6.07) is 5.34. The van der Waals surface area contributed by atoms with Crippen LogP contribution in [0.25, 0.3) is 23.0 Å². The standard InChI is InChI=1S/C20H18FN7/c1-13(27-7-5-17-14(9-27)4-3-6-22-17)19-24-25-20-16(21)8-15(10-28(19)20)18-11-26(2)12-23-18/h3-8,10-13H,9H2,1-2H3/t13-/m1/s1. The summed E-state index contributed by atoms with van der Waals surface area (Å²) in [6.07, 6.45) is 11.2. The van der Waals surface area contributed by atoms with E-state index in [1.54, 1.807) is 16.9 Å². The smallest absolute Gasteiger partial charge is 0.197 e. The van der Waals surface area contributed by atoms with Gasteiger partial charge in [-0.2, -0.15) is 0 Å². The molecule has 1 aliphatic heterocycles. The Morgan fingerprint density at radius 2 is 2.07 bits per heavy atom. The minimum atomic E-state index is -0.419. The van der Waals surface area contributed by atoms with Gasteiger partial charge in [-0.15, -0.1) is 10.2 Å². The molecule has 0 bridgehead atoms. The molecule has 0 fully saturated rings. The molecule has 0 unspecified atom stereocenters. The topological polar surface area (TPSA) is 64.1 Å². The molecule has 1 aliphatic rings. The van der Waals surface area contributed by atoms with E-state index < -0.39 is 5.82 Å². The molecule has 4 aromatic rings. The zero-order valence-corrected chi connectivity index (χ0v) is 15.5. The second kappa shape index (κ2) is 6.26. The van der Waals surface area contributed by atoms with Crippen molar-refractivity contribution in [3.63, 3.8) is 0 Å². The molecule has 0 radical (unpaired) electrons. The summed E-state index contributed by atoms with van der Waals surface area (Å²) in [4.78, 5) is 10.8. The van der Waals surface area contributed by atoms with E-state index in [2.05, 4.69) is 31.1 Å². The molecule has 5 rings (SSSR count). The van der Waals surface area contributed by atoms with E-state index in [1.165, 1.54) is 6.07 Å². The van der Waals surface area contributed by atoms with E-state index >= 15 is 0 Å². The van der Waals surface area contributed by atoms with Crippen LogP contribution in [0, 0.1) is 5.82 Å². The summed E-state index contributed by atoms with van der Waals surface area (Å²) < 4.78 is 18.2. The molecule has 5 heterocycles. The molecule has 4 aromatic heterocycles. The van der Waals surface area contributed by atoms with Crippen molar-refractivity contribution >= 4 is 11.7 Å². The predicted molar refractivity (Wildman–Crippen MR) is 102 cm³/mol. The molecular weight excluding hydrogens is 357 g/mol. The third-order valence-electron chi connectivity index (χ3n) is 5.06. The summed E-state index contributed by atoms with van der Waals surface area (Å²) in [7, 11) is 1.88. The number of hydrogen-bond acceptors (Lipinski definition) is 5. The van der Waals surface area contributed by atoms with Crippen molar-refractivity contribution in [2.75, 3.05) is 0 Å². The van der Waals surface area contributed by atoms with E-state index in [0.29, 0.717) is 23.6 Å². The predicted octanol–water partition coefficient (Wildman–Crippen LogP) is 3.21. The van der Waals surface area contributed by atoms with Gasteiger partial charge in [0.1, 0.15) is 0 Å². The average Bonchev–Trinajstić information content (AvgIpc) is 3.33.